The van der Waals surface area contributed by atoms with E-state index in [4.69, 9.17) is 5.11 Å². The van der Waals surface area contributed by atoms with Crippen molar-refractivity contribution in [3.8, 4) is 0 Å². The first-order valence-electron chi connectivity index (χ1n) is 8.15. The third-order valence-electron chi connectivity index (χ3n) is 4.45. The summed E-state index contributed by atoms with van der Waals surface area (Å²) in [4.78, 5) is 23.2. The van der Waals surface area contributed by atoms with Crippen molar-refractivity contribution in [2.24, 2.45) is 5.92 Å². The van der Waals surface area contributed by atoms with Crippen LogP contribution in [-0.4, -0.2) is 37.2 Å². The number of carboxylic acid groups (broad SMARTS) is 1. The monoisotopic (exact) mass is 353 g/mol. The number of hydrogen-bond donors (Lipinski definition) is 2. The Bertz CT molecular complexity index is 696. The SMILES string of the molecule is CCS(=O)(=O)c1ccc(CCC(=O)N[C@@H]2CC[C@H](C(=O)O)C2)cc1. The smallest absolute Gasteiger partial charge is 0.306 e. The van der Waals surface area contributed by atoms with E-state index < -0.39 is 15.8 Å². The largest absolute Gasteiger partial charge is 0.481 e. The number of rotatable bonds is 7. The van der Waals surface area contributed by atoms with E-state index in [1.807, 2.05) is 0 Å². The molecule has 1 aromatic carbocycles. The molecule has 0 aliphatic heterocycles. The summed E-state index contributed by atoms with van der Waals surface area (Å²) in [5, 5.41) is 11.8. The molecule has 1 fully saturated rings. The highest BCUT2D eigenvalue weighted by Gasteiger charge is 2.30. The highest BCUT2D eigenvalue weighted by molar-refractivity contribution is 7.91. The zero-order chi connectivity index (χ0) is 17.7. The number of amides is 1. The van der Waals surface area contributed by atoms with Gasteiger partial charge in [0.1, 0.15) is 0 Å². The molecule has 2 rings (SSSR count). The summed E-state index contributed by atoms with van der Waals surface area (Å²) in [5.41, 5.74) is 0.898. The third kappa shape index (κ3) is 4.80. The number of carbonyl (C=O) groups excluding carboxylic acids is 1. The van der Waals surface area contributed by atoms with Crippen LogP contribution in [0.1, 0.15) is 38.2 Å². The summed E-state index contributed by atoms with van der Waals surface area (Å²) in [7, 11) is -3.20. The molecule has 1 amide bonds. The van der Waals surface area contributed by atoms with E-state index >= 15 is 0 Å². The Kier molecular flexibility index (Phi) is 5.99. The Balaban J connectivity index is 1.81. The van der Waals surface area contributed by atoms with Crippen molar-refractivity contribution in [1.29, 1.82) is 0 Å². The van der Waals surface area contributed by atoms with Crippen molar-refractivity contribution in [3.05, 3.63) is 29.8 Å². The lowest BCUT2D eigenvalue weighted by atomic mass is 10.1. The van der Waals surface area contributed by atoms with Crippen molar-refractivity contribution in [2.75, 3.05) is 5.75 Å². The Hall–Kier alpha value is -1.89. The van der Waals surface area contributed by atoms with Crippen LogP contribution in [0.25, 0.3) is 0 Å². The molecular formula is C17H23NO5S. The lowest BCUT2D eigenvalue weighted by Gasteiger charge is -2.12. The van der Waals surface area contributed by atoms with Gasteiger partial charge in [0.2, 0.25) is 5.91 Å². The van der Waals surface area contributed by atoms with Crippen molar-refractivity contribution in [2.45, 2.75) is 50.0 Å². The van der Waals surface area contributed by atoms with Crippen LogP contribution >= 0.6 is 0 Å². The van der Waals surface area contributed by atoms with Gasteiger partial charge in [-0.2, -0.15) is 0 Å². The van der Waals surface area contributed by atoms with Gasteiger partial charge in [-0.3, -0.25) is 9.59 Å². The van der Waals surface area contributed by atoms with Crippen LogP contribution in [-0.2, 0) is 25.8 Å². The predicted octanol–water partition coefficient (Wildman–Crippen LogP) is 1.78. The maximum Gasteiger partial charge on any atom is 0.306 e. The second-order valence-electron chi connectivity index (χ2n) is 6.16. The fraction of sp³-hybridized carbons (Fsp3) is 0.529. The highest BCUT2D eigenvalue weighted by Crippen LogP contribution is 2.25. The molecule has 1 aliphatic carbocycles. The number of sulfone groups is 1. The van der Waals surface area contributed by atoms with E-state index in [9.17, 15) is 18.0 Å². The van der Waals surface area contributed by atoms with Crippen molar-refractivity contribution < 1.29 is 23.1 Å². The molecular weight excluding hydrogens is 330 g/mol. The maximum absolute atomic E-state index is 12.0. The number of aryl methyl sites for hydroxylation is 1. The third-order valence-corrected chi connectivity index (χ3v) is 6.20. The molecule has 1 saturated carbocycles. The second-order valence-corrected chi connectivity index (χ2v) is 8.44. The van der Waals surface area contributed by atoms with E-state index in [-0.39, 0.29) is 23.6 Å². The van der Waals surface area contributed by atoms with Gasteiger partial charge in [0.25, 0.3) is 0 Å². The molecule has 2 atom stereocenters. The van der Waals surface area contributed by atoms with Gasteiger partial charge < -0.3 is 10.4 Å². The number of benzene rings is 1. The lowest BCUT2D eigenvalue weighted by molar-refractivity contribution is -0.141. The molecule has 0 spiro atoms. The number of carboxylic acids is 1. The van der Waals surface area contributed by atoms with Gasteiger partial charge in [-0.1, -0.05) is 19.1 Å². The molecule has 132 valence electrons. The minimum atomic E-state index is -3.20. The average Bonchev–Trinajstić information content (AvgIpc) is 3.02. The van der Waals surface area contributed by atoms with Gasteiger partial charge in [-0.25, -0.2) is 8.42 Å². The number of aliphatic carboxylic acids is 1. The molecule has 24 heavy (non-hydrogen) atoms. The Morgan fingerprint density at radius 2 is 1.88 bits per heavy atom. The summed E-state index contributed by atoms with van der Waals surface area (Å²) in [6, 6.07) is 6.54. The van der Waals surface area contributed by atoms with Crippen molar-refractivity contribution >= 4 is 21.7 Å². The minimum Gasteiger partial charge on any atom is -0.481 e. The van der Waals surface area contributed by atoms with Crippen LogP contribution in [0.4, 0.5) is 0 Å². The standard InChI is InChI=1S/C17H23NO5S/c1-2-24(22,23)15-8-3-12(4-9-15)5-10-16(19)18-14-7-6-13(11-14)17(20)21/h3-4,8-9,13-14H,2,5-7,10-11H2,1H3,(H,18,19)(H,20,21)/t13-,14+/m0/s1. The Morgan fingerprint density at radius 1 is 1.21 bits per heavy atom. The lowest BCUT2D eigenvalue weighted by Crippen LogP contribution is -2.33. The first kappa shape index (κ1) is 18.4. The average molecular weight is 353 g/mol. The quantitative estimate of drug-likeness (QED) is 0.778. The molecule has 6 nitrogen and oxygen atoms in total. The molecule has 0 heterocycles. The van der Waals surface area contributed by atoms with Gasteiger partial charge in [-0.05, 0) is 43.4 Å². The molecule has 1 aromatic rings. The Morgan fingerprint density at radius 3 is 2.42 bits per heavy atom. The first-order chi connectivity index (χ1) is 11.3. The van der Waals surface area contributed by atoms with Gasteiger partial charge in [-0.15, -0.1) is 0 Å². The van der Waals surface area contributed by atoms with E-state index in [1.165, 1.54) is 0 Å². The molecule has 0 aromatic heterocycles. The molecule has 0 unspecified atom stereocenters. The normalized spacial score (nSPS) is 20.7. The zero-order valence-electron chi connectivity index (χ0n) is 13.7. The maximum atomic E-state index is 12.0. The Labute approximate surface area is 142 Å². The number of carbonyl (C=O) groups is 2. The van der Waals surface area contributed by atoms with Gasteiger partial charge in [0, 0.05) is 12.5 Å². The highest BCUT2D eigenvalue weighted by atomic mass is 32.2. The molecule has 7 heteroatoms. The first-order valence-corrected chi connectivity index (χ1v) is 9.81. The summed E-state index contributed by atoms with van der Waals surface area (Å²) < 4.78 is 23.5. The van der Waals surface area contributed by atoms with Crippen LogP contribution in [0.15, 0.2) is 29.2 Å². The van der Waals surface area contributed by atoms with Gasteiger partial charge in [0.15, 0.2) is 9.84 Å². The fourth-order valence-electron chi connectivity index (χ4n) is 2.92. The fourth-order valence-corrected chi connectivity index (χ4v) is 3.81. The summed E-state index contributed by atoms with van der Waals surface area (Å²) in [6.07, 6.45) is 2.62. The van der Waals surface area contributed by atoms with Gasteiger partial charge >= 0.3 is 5.97 Å². The summed E-state index contributed by atoms with van der Waals surface area (Å²) >= 11 is 0. The van der Waals surface area contributed by atoms with E-state index in [0.717, 1.165) is 5.56 Å². The molecule has 0 saturated heterocycles. The van der Waals surface area contributed by atoms with Gasteiger partial charge in [0.05, 0.1) is 16.6 Å². The number of nitrogens with one attached hydrogen (secondary N) is 1. The molecule has 2 N–H and O–H groups in total. The number of hydrogen-bond acceptors (Lipinski definition) is 4. The topological polar surface area (TPSA) is 101 Å². The molecule has 0 bridgehead atoms. The van der Waals surface area contributed by atoms with E-state index in [1.54, 1.807) is 31.2 Å². The van der Waals surface area contributed by atoms with Crippen molar-refractivity contribution in [1.82, 2.24) is 5.32 Å². The minimum absolute atomic E-state index is 0.0596. The summed E-state index contributed by atoms with van der Waals surface area (Å²) in [5.74, 6) is -1.19. The predicted molar refractivity (Wildman–Crippen MR) is 89.4 cm³/mol. The molecule has 1 aliphatic rings. The van der Waals surface area contributed by atoms with Crippen LogP contribution < -0.4 is 5.32 Å². The van der Waals surface area contributed by atoms with Crippen LogP contribution in [0.3, 0.4) is 0 Å². The van der Waals surface area contributed by atoms with E-state index in [0.29, 0.717) is 37.0 Å². The summed E-state index contributed by atoms with van der Waals surface area (Å²) in [6.45, 7) is 1.60. The van der Waals surface area contributed by atoms with Crippen LogP contribution in [0, 0.1) is 5.92 Å². The second kappa shape index (κ2) is 7.79. The van der Waals surface area contributed by atoms with E-state index in [2.05, 4.69) is 5.32 Å². The zero-order valence-corrected chi connectivity index (χ0v) is 14.5. The van der Waals surface area contributed by atoms with Crippen molar-refractivity contribution in [3.63, 3.8) is 0 Å². The van der Waals surface area contributed by atoms with Crippen LogP contribution in [0.5, 0.6) is 0 Å². The van der Waals surface area contributed by atoms with Crippen LogP contribution in [0.2, 0.25) is 0 Å². The molecule has 0 radical (unpaired) electrons.